The summed E-state index contributed by atoms with van der Waals surface area (Å²) in [5.74, 6) is 0. The SMILES string of the molecule is CCCCCCC(O)/C=[C]/C=C/C(O)CCCC. The number of allylic oxidation sites excluding steroid dienone is 2. The molecule has 0 fully saturated rings. The molecule has 2 N–H and O–H groups in total. The van der Waals surface area contributed by atoms with Gasteiger partial charge in [-0.3, -0.25) is 0 Å². The number of hydrogen-bond acceptors (Lipinski definition) is 2. The van der Waals surface area contributed by atoms with Gasteiger partial charge in [0.25, 0.3) is 0 Å². The molecule has 0 aromatic rings. The largest absolute Gasteiger partial charge is 0.389 e. The zero-order valence-electron chi connectivity index (χ0n) is 11.9. The molecule has 0 aromatic carbocycles. The second kappa shape index (κ2) is 12.8. The van der Waals surface area contributed by atoms with Gasteiger partial charge in [0.1, 0.15) is 0 Å². The average Bonchev–Trinajstić information content (AvgIpc) is 2.37. The van der Waals surface area contributed by atoms with Gasteiger partial charge in [0.05, 0.1) is 12.2 Å². The summed E-state index contributed by atoms with van der Waals surface area (Å²) < 4.78 is 0. The highest BCUT2D eigenvalue weighted by Gasteiger charge is 1.98. The molecule has 1 radical (unpaired) electrons. The summed E-state index contributed by atoms with van der Waals surface area (Å²) in [6.45, 7) is 4.29. The van der Waals surface area contributed by atoms with Crippen molar-refractivity contribution >= 4 is 0 Å². The van der Waals surface area contributed by atoms with E-state index in [-0.39, 0.29) is 6.10 Å². The van der Waals surface area contributed by atoms with Crippen LogP contribution in [0.1, 0.15) is 65.2 Å². The highest BCUT2D eigenvalue weighted by molar-refractivity contribution is 5.00. The molecule has 2 atom stereocenters. The number of aliphatic hydroxyl groups excluding tert-OH is 2. The fourth-order valence-corrected chi connectivity index (χ4v) is 1.71. The van der Waals surface area contributed by atoms with Gasteiger partial charge in [0, 0.05) is 0 Å². The Labute approximate surface area is 112 Å². The Bertz CT molecular complexity index is 221. The number of unbranched alkanes of at least 4 members (excludes halogenated alkanes) is 4. The molecule has 18 heavy (non-hydrogen) atoms. The van der Waals surface area contributed by atoms with E-state index in [0.717, 1.165) is 32.1 Å². The van der Waals surface area contributed by atoms with E-state index in [2.05, 4.69) is 19.9 Å². The molecule has 0 rings (SSSR count). The molecule has 0 amide bonds. The topological polar surface area (TPSA) is 40.5 Å². The maximum absolute atomic E-state index is 9.64. The van der Waals surface area contributed by atoms with Gasteiger partial charge in [-0.25, -0.2) is 0 Å². The van der Waals surface area contributed by atoms with E-state index in [1.54, 1.807) is 18.2 Å². The Morgan fingerprint density at radius 1 is 0.889 bits per heavy atom. The van der Waals surface area contributed by atoms with Crippen molar-refractivity contribution in [1.29, 1.82) is 0 Å². The quantitative estimate of drug-likeness (QED) is 0.434. The number of rotatable bonds is 11. The summed E-state index contributed by atoms with van der Waals surface area (Å²) in [6.07, 6.45) is 15.7. The molecule has 0 aliphatic heterocycles. The van der Waals surface area contributed by atoms with Crippen molar-refractivity contribution in [2.45, 2.75) is 77.4 Å². The van der Waals surface area contributed by atoms with E-state index in [9.17, 15) is 10.2 Å². The maximum atomic E-state index is 9.64. The summed E-state index contributed by atoms with van der Waals surface area (Å²) in [4.78, 5) is 0. The van der Waals surface area contributed by atoms with Crippen molar-refractivity contribution in [2.24, 2.45) is 0 Å². The van der Waals surface area contributed by atoms with Crippen molar-refractivity contribution in [1.82, 2.24) is 0 Å². The molecule has 2 heteroatoms. The van der Waals surface area contributed by atoms with Crippen molar-refractivity contribution in [3.05, 3.63) is 24.3 Å². The van der Waals surface area contributed by atoms with E-state index >= 15 is 0 Å². The van der Waals surface area contributed by atoms with Crippen LogP contribution in [-0.4, -0.2) is 22.4 Å². The predicted molar refractivity (Wildman–Crippen MR) is 77.3 cm³/mol. The lowest BCUT2D eigenvalue weighted by molar-refractivity contribution is 0.206. The fraction of sp³-hybridized carbons (Fsp3) is 0.750. The van der Waals surface area contributed by atoms with E-state index in [4.69, 9.17) is 0 Å². The first-order chi connectivity index (χ1) is 8.70. The van der Waals surface area contributed by atoms with Crippen LogP contribution >= 0.6 is 0 Å². The first-order valence-electron chi connectivity index (χ1n) is 7.32. The van der Waals surface area contributed by atoms with Gasteiger partial charge >= 0.3 is 0 Å². The van der Waals surface area contributed by atoms with Crippen molar-refractivity contribution in [2.75, 3.05) is 0 Å². The number of aliphatic hydroxyl groups is 2. The Morgan fingerprint density at radius 3 is 2.22 bits per heavy atom. The van der Waals surface area contributed by atoms with Crippen LogP contribution in [0.3, 0.4) is 0 Å². The molecule has 0 aliphatic carbocycles. The van der Waals surface area contributed by atoms with E-state index < -0.39 is 6.10 Å². The van der Waals surface area contributed by atoms with E-state index in [0.29, 0.717) is 0 Å². The van der Waals surface area contributed by atoms with Gasteiger partial charge in [-0.15, -0.1) is 0 Å². The summed E-state index contributed by atoms with van der Waals surface area (Å²) in [5.41, 5.74) is 0. The molecule has 2 unspecified atom stereocenters. The van der Waals surface area contributed by atoms with Crippen LogP contribution in [-0.2, 0) is 0 Å². The minimum atomic E-state index is -0.403. The lowest BCUT2D eigenvalue weighted by Crippen LogP contribution is -2.02. The van der Waals surface area contributed by atoms with Crippen LogP contribution < -0.4 is 0 Å². The zero-order valence-corrected chi connectivity index (χ0v) is 11.9. The predicted octanol–water partition coefficient (Wildman–Crippen LogP) is 3.78. The zero-order chi connectivity index (χ0) is 13.6. The molecular formula is C16H29O2. The second-order valence-corrected chi connectivity index (χ2v) is 4.82. The fourth-order valence-electron chi connectivity index (χ4n) is 1.71. The minimum Gasteiger partial charge on any atom is -0.389 e. The van der Waals surface area contributed by atoms with Crippen LogP contribution in [0.2, 0.25) is 0 Å². The van der Waals surface area contributed by atoms with Crippen LogP contribution in [0.5, 0.6) is 0 Å². The minimum absolute atomic E-state index is 0.382. The molecular weight excluding hydrogens is 224 g/mol. The normalized spacial score (nSPS) is 15.6. The first kappa shape index (κ1) is 17.4. The van der Waals surface area contributed by atoms with E-state index in [1.807, 2.05) is 0 Å². The molecule has 105 valence electrons. The van der Waals surface area contributed by atoms with Crippen molar-refractivity contribution in [3.8, 4) is 0 Å². The lowest BCUT2D eigenvalue weighted by Gasteiger charge is -2.04. The van der Waals surface area contributed by atoms with Gasteiger partial charge in [0.15, 0.2) is 0 Å². The third-order valence-corrected chi connectivity index (χ3v) is 2.91. The lowest BCUT2D eigenvalue weighted by atomic mass is 10.1. The van der Waals surface area contributed by atoms with Crippen molar-refractivity contribution < 1.29 is 10.2 Å². The highest BCUT2D eigenvalue weighted by Crippen LogP contribution is 2.06. The molecule has 0 bridgehead atoms. The Hall–Kier alpha value is -0.600. The van der Waals surface area contributed by atoms with Crippen LogP contribution in [0, 0.1) is 6.08 Å². The summed E-state index contributed by atoms with van der Waals surface area (Å²) in [5, 5.41) is 19.2. The van der Waals surface area contributed by atoms with Gasteiger partial charge in [-0.05, 0) is 25.0 Å². The summed E-state index contributed by atoms with van der Waals surface area (Å²) in [6, 6.07) is 0. The Kier molecular flexibility index (Phi) is 12.4. The third-order valence-electron chi connectivity index (χ3n) is 2.91. The molecule has 0 saturated carbocycles. The third kappa shape index (κ3) is 11.9. The van der Waals surface area contributed by atoms with E-state index in [1.165, 1.54) is 19.3 Å². The van der Waals surface area contributed by atoms with Crippen molar-refractivity contribution in [3.63, 3.8) is 0 Å². The molecule has 0 heterocycles. The molecule has 0 aromatic heterocycles. The van der Waals surface area contributed by atoms with Crippen LogP contribution in [0.15, 0.2) is 18.2 Å². The Balaban J connectivity index is 3.63. The number of hydrogen-bond donors (Lipinski definition) is 2. The van der Waals surface area contributed by atoms with Gasteiger partial charge < -0.3 is 10.2 Å². The maximum Gasteiger partial charge on any atom is 0.0729 e. The second-order valence-electron chi connectivity index (χ2n) is 4.82. The molecule has 0 aliphatic rings. The summed E-state index contributed by atoms with van der Waals surface area (Å²) in [7, 11) is 0. The van der Waals surface area contributed by atoms with Crippen LogP contribution in [0.4, 0.5) is 0 Å². The smallest absolute Gasteiger partial charge is 0.0729 e. The molecule has 2 nitrogen and oxygen atoms in total. The Morgan fingerprint density at radius 2 is 1.56 bits per heavy atom. The molecule has 0 spiro atoms. The monoisotopic (exact) mass is 253 g/mol. The average molecular weight is 253 g/mol. The van der Waals surface area contributed by atoms with Gasteiger partial charge in [0.2, 0.25) is 0 Å². The van der Waals surface area contributed by atoms with Crippen LogP contribution in [0.25, 0.3) is 0 Å². The highest BCUT2D eigenvalue weighted by atomic mass is 16.3. The summed E-state index contributed by atoms with van der Waals surface area (Å²) >= 11 is 0. The standard InChI is InChI=1S/C16H29O2/c1-3-5-7-8-12-16(18)14-10-9-13-15(17)11-6-4-2/h9,13-18H,3-8,11-12H2,1-2H3/b13-9+,14-10?. The van der Waals surface area contributed by atoms with Gasteiger partial charge in [-0.1, -0.05) is 64.5 Å². The van der Waals surface area contributed by atoms with Gasteiger partial charge in [-0.2, -0.15) is 0 Å². The first-order valence-corrected chi connectivity index (χ1v) is 7.32. The molecule has 0 saturated heterocycles.